The van der Waals surface area contributed by atoms with Gasteiger partial charge < -0.3 is 10.6 Å². The van der Waals surface area contributed by atoms with E-state index in [1.54, 1.807) is 0 Å². The molecule has 19 heavy (non-hydrogen) atoms. The van der Waals surface area contributed by atoms with Crippen LogP contribution in [-0.2, 0) is 0 Å². The summed E-state index contributed by atoms with van der Waals surface area (Å²) in [5, 5.41) is 7.62. The normalized spacial score (nSPS) is 10.1. The van der Waals surface area contributed by atoms with Crippen molar-refractivity contribution in [1.29, 1.82) is 0 Å². The second-order valence-corrected chi connectivity index (χ2v) is 5.25. The first-order valence-corrected chi connectivity index (χ1v) is 6.74. The molecule has 0 aliphatic heterocycles. The van der Waals surface area contributed by atoms with Crippen LogP contribution in [0.2, 0.25) is 5.02 Å². The monoisotopic (exact) mass is 290 g/mol. The SMILES string of the molecule is Cc1cccc(NC(=S)Nc2ccc(Cl)cc2C)c1. The standard InChI is InChI=1S/C15H15ClN2S/c1-10-4-3-5-13(8-10)17-15(19)18-14-7-6-12(16)9-11(14)2/h3-9H,1-2H3,(H2,17,18,19). The molecule has 0 saturated heterocycles. The lowest BCUT2D eigenvalue weighted by atomic mass is 10.2. The van der Waals surface area contributed by atoms with Crippen molar-refractivity contribution >= 4 is 40.3 Å². The lowest BCUT2D eigenvalue weighted by Gasteiger charge is -2.13. The number of hydrogen-bond donors (Lipinski definition) is 2. The minimum absolute atomic E-state index is 0.566. The second-order valence-electron chi connectivity index (χ2n) is 4.41. The molecule has 0 spiro atoms. The van der Waals surface area contributed by atoms with Gasteiger partial charge in [0.25, 0.3) is 0 Å². The summed E-state index contributed by atoms with van der Waals surface area (Å²) in [6.45, 7) is 4.04. The minimum Gasteiger partial charge on any atom is -0.332 e. The van der Waals surface area contributed by atoms with Crippen LogP contribution in [0.1, 0.15) is 11.1 Å². The Morgan fingerprint density at radius 3 is 2.53 bits per heavy atom. The molecule has 0 atom stereocenters. The Balaban J connectivity index is 2.05. The first-order chi connectivity index (χ1) is 9.04. The average Bonchev–Trinajstić information content (AvgIpc) is 2.33. The van der Waals surface area contributed by atoms with Crippen LogP contribution in [0.3, 0.4) is 0 Å². The van der Waals surface area contributed by atoms with Crippen molar-refractivity contribution < 1.29 is 0 Å². The summed E-state index contributed by atoms with van der Waals surface area (Å²) >= 11 is 11.2. The van der Waals surface area contributed by atoms with Gasteiger partial charge in [0.15, 0.2) is 5.11 Å². The molecule has 0 radical (unpaired) electrons. The van der Waals surface area contributed by atoms with Gasteiger partial charge in [0, 0.05) is 16.4 Å². The lowest BCUT2D eigenvalue weighted by molar-refractivity contribution is 1.44. The van der Waals surface area contributed by atoms with E-state index in [1.807, 2.05) is 56.3 Å². The average molecular weight is 291 g/mol. The second kappa shape index (κ2) is 6.04. The minimum atomic E-state index is 0.566. The summed E-state index contributed by atoms with van der Waals surface area (Å²) in [4.78, 5) is 0. The highest BCUT2D eigenvalue weighted by molar-refractivity contribution is 7.80. The van der Waals surface area contributed by atoms with E-state index in [9.17, 15) is 0 Å². The largest absolute Gasteiger partial charge is 0.332 e. The van der Waals surface area contributed by atoms with Gasteiger partial charge >= 0.3 is 0 Å². The van der Waals surface area contributed by atoms with Crippen molar-refractivity contribution in [1.82, 2.24) is 0 Å². The zero-order valence-electron chi connectivity index (χ0n) is 10.8. The van der Waals surface area contributed by atoms with E-state index < -0.39 is 0 Å². The highest BCUT2D eigenvalue weighted by atomic mass is 35.5. The number of rotatable bonds is 2. The third kappa shape index (κ3) is 3.94. The molecule has 0 unspecified atom stereocenters. The number of hydrogen-bond acceptors (Lipinski definition) is 1. The van der Waals surface area contributed by atoms with Gasteiger partial charge in [0.1, 0.15) is 0 Å². The Morgan fingerprint density at radius 1 is 1.05 bits per heavy atom. The van der Waals surface area contributed by atoms with E-state index in [4.69, 9.17) is 23.8 Å². The van der Waals surface area contributed by atoms with Gasteiger partial charge in [0.2, 0.25) is 0 Å². The summed E-state index contributed by atoms with van der Waals surface area (Å²) in [7, 11) is 0. The number of benzene rings is 2. The van der Waals surface area contributed by atoms with Crippen LogP contribution >= 0.6 is 23.8 Å². The Kier molecular flexibility index (Phi) is 4.40. The summed E-state index contributed by atoms with van der Waals surface area (Å²) in [6, 6.07) is 13.7. The molecule has 0 heterocycles. The molecule has 0 fully saturated rings. The molecule has 2 N–H and O–H groups in total. The van der Waals surface area contributed by atoms with Gasteiger partial charge in [-0.3, -0.25) is 0 Å². The van der Waals surface area contributed by atoms with Gasteiger partial charge in [0.05, 0.1) is 0 Å². The Morgan fingerprint density at radius 2 is 1.84 bits per heavy atom. The number of anilines is 2. The third-order valence-corrected chi connectivity index (χ3v) is 3.15. The van der Waals surface area contributed by atoms with Gasteiger partial charge in [-0.2, -0.15) is 0 Å². The van der Waals surface area contributed by atoms with E-state index in [0.29, 0.717) is 5.11 Å². The van der Waals surface area contributed by atoms with E-state index in [2.05, 4.69) is 10.6 Å². The van der Waals surface area contributed by atoms with Crippen LogP contribution in [0.4, 0.5) is 11.4 Å². The van der Waals surface area contributed by atoms with Crippen LogP contribution < -0.4 is 10.6 Å². The Hall–Kier alpha value is -1.58. The van der Waals surface area contributed by atoms with Crippen LogP contribution in [0.5, 0.6) is 0 Å². The summed E-state index contributed by atoms with van der Waals surface area (Å²) in [6.07, 6.45) is 0. The topological polar surface area (TPSA) is 24.1 Å². The molecule has 0 aliphatic carbocycles. The number of halogens is 1. The molecule has 98 valence electrons. The molecule has 0 aromatic heterocycles. The molecule has 0 saturated carbocycles. The summed E-state index contributed by atoms with van der Waals surface area (Å²) in [5.74, 6) is 0. The van der Waals surface area contributed by atoms with Crippen molar-refractivity contribution in [3.8, 4) is 0 Å². The fourth-order valence-corrected chi connectivity index (χ4v) is 2.23. The quantitative estimate of drug-likeness (QED) is 0.779. The van der Waals surface area contributed by atoms with E-state index in [0.717, 1.165) is 22.0 Å². The molecule has 0 bridgehead atoms. The zero-order chi connectivity index (χ0) is 13.8. The van der Waals surface area contributed by atoms with Gasteiger partial charge in [-0.05, 0) is 67.5 Å². The summed E-state index contributed by atoms with van der Waals surface area (Å²) in [5.41, 5.74) is 4.18. The fraction of sp³-hybridized carbons (Fsp3) is 0.133. The molecular weight excluding hydrogens is 276 g/mol. The molecule has 4 heteroatoms. The maximum absolute atomic E-state index is 5.92. The maximum atomic E-state index is 5.92. The van der Waals surface area contributed by atoms with Gasteiger partial charge in [-0.1, -0.05) is 23.7 Å². The van der Waals surface area contributed by atoms with Crippen molar-refractivity contribution in [2.45, 2.75) is 13.8 Å². The van der Waals surface area contributed by atoms with E-state index in [-0.39, 0.29) is 0 Å². The first kappa shape index (κ1) is 13.8. The van der Waals surface area contributed by atoms with Crippen LogP contribution in [0, 0.1) is 13.8 Å². The Bertz CT molecular complexity index is 611. The molecule has 2 rings (SSSR count). The third-order valence-electron chi connectivity index (χ3n) is 2.71. The molecule has 2 nitrogen and oxygen atoms in total. The molecule has 0 aliphatic rings. The number of nitrogens with one attached hydrogen (secondary N) is 2. The van der Waals surface area contributed by atoms with Crippen LogP contribution in [-0.4, -0.2) is 5.11 Å². The molecule has 2 aromatic rings. The smallest absolute Gasteiger partial charge is 0.175 e. The highest BCUT2D eigenvalue weighted by Gasteiger charge is 2.02. The molecule has 2 aromatic carbocycles. The first-order valence-electron chi connectivity index (χ1n) is 5.95. The maximum Gasteiger partial charge on any atom is 0.175 e. The van der Waals surface area contributed by atoms with Crippen molar-refractivity contribution in [2.75, 3.05) is 10.6 Å². The predicted molar refractivity (Wildman–Crippen MR) is 87.2 cm³/mol. The van der Waals surface area contributed by atoms with Crippen LogP contribution in [0.15, 0.2) is 42.5 Å². The molecule has 0 amide bonds. The zero-order valence-corrected chi connectivity index (χ0v) is 12.4. The van der Waals surface area contributed by atoms with E-state index in [1.165, 1.54) is 5.56 Å². The van der Waals surface area contributed by atoms with Crippen molar-refractivity contribution in [3.63, 3.8) is 0 Å². The number of aryl methyl sites for hydroxylation is 2. The van der Waals surface area contributed by atoms with Crippen molar-refractivity contribution in [3.05, 3.63) is 58.6 Å². The van der Waals surface area contributed by atoms with Crippen molar-refractivity contribution in [2.24, 2.45) is 0 Å². The van der Waals surface area contributed by atoms with Gasteiger partial charge in [-0.25, -0.2) is 0 Å². The number of thiocarbonyl (C=S) groups is 1. The fourth-order valence-electron chi connectivity index (χ4n) is 1.77. The predicted octanol–water partition coefficient (Wildman–Crippen LogP) is 4.77. The Labute approximate surface area is 123 Å². The van der Waals surface area contributed by atoms with E-state index >= 15 is 0 Å². The van der Waals surface area contributed by atoms with Crippen LogP contribution in [0.25, 0.3) is 0 Å². The lowest BCUT2D eigenvalue weighted by Crippen LogP contribution is -2.19. The highest BCUT2D eigenvalue weighted by Crippen LogP contribution is 2.20. The van der Waals surface area contributed by atoms with Gasteiger partial charge in [-0.15, -0.1) is 0 Å². The molecular formula is C15H15ClN2S. The summed E-state index contributed by atoms with van der Waals surface area (Å²) < 4.78 is 0.